The Kier molecular flexibility index (Phi) is 6.79. The fourth-order valence-electron chi connectivity index (χ4n) is 3.73. The first-order valence-electron chi connectivity index (χ1n) is 11.0. The molecule has 0 bridgehead atoms. The molecule has 0 aromatic heterocycles. The van der Waals surface area contributed by atoms with Gasteiger partial charge in [0.1, 0.15) is 13.2 Å². The number of hydrogen-bond donors (Lipinski definition) is 1. The van der Waals surface area contributed by atoms with Gasteiger partial charge in [0.05, 0.1) is 24.5 Å². The standard InChI is InChI=1S/C26H28N2O5S/c1-18-4-6-20(7-5-18)17-28(34(3,30)31)23-11-8-21(9-12-23)26(29)27-19(2)22-10-13-24-25(16-22)33-15-14-32-24/h4-13,16,19H,14-15,17H2,1-3H3,(H,27,29)/t19-/m0/s1. The normalized spacial score (nSPS) is 13.7. The van der Waals surface area contributed by atoms with Crippen LogP contribution in [0.5, 0.6) is 11.5 Å². The zero-order valence-corrected chi connectivity index (χ0v) is 20.3. The maximum atomic E-state index is 12.8. The zero-order valence-electron chi connectivity index (χ0n) is 19.4. The van der Waals surface area contributed by atoms with Gasteiger partial charge in [0.15, 0.2) is 11.5 Å². The van der Waals surface area contributed by atoms with E-state index in [2.05, 4.69) is 5.32 Å². The van der Waals surface area contributed by atoms with Gasteiger partial charge in [-0.3, -0.25) is 9.10 Å². The third-order valence-corrected chi connectivity index (χ3v) is 6.82. The van der Waals surface area contributed by atoms with Gasteiger partial charge in [0.2, 0.25) is 10.0 Å². The fraction of sp³-hybridized carbons (Fsp3) is 0.269. The van der Waals surface area contributed by atoms with E-state index in [-0.39, 0.29) is 18.5 Å². The summed E-state index contributed by atoms with van der Waals surface area (Å²) in [4.78, 5) is 12.8. The number of nitrogens with one attached hydrogen (secondary N) is 1. The number of hydrogen-bond acceptors (Lipinski definition) is 5. The lowest BCUT2D eigenvalue weighted by molar-refractivity contribution is 0.0939. The molecular formula is C26H28N2O5S. The maximum Gasteiger partial charge on any atom is 0.251 e. The van der Waals surface area contributed by atoms with Crippen molar-refractivity contribution in [1.82, 2.24) is 5.32 Å². The first-order valence-corrected chi connectivity index (χ1v) is 12.9. The third kappa shape index (κ3) is 5.51. The summed E-state index contributed by atoms with van der Waals surface area (Å²) in [6, 6.07) is 19.7. The molecule has 8 heteroatoms. The maximum absolute atomic E-state index is 12.8. The molecule has 0 radical (unpaired) electrons. The Morgan fingerprint density at radius 1 is 0.971 bits per heavy atom. The van der Waals surface area contributed by atoms with E-state index in [1.807, 2.05) is 56.3 Å². The van der Waals surface area contributed by atoms with Gasteiger partial charge < -0.3 is 14.8 Å². The number of aryl methyl sites for hydroxylation is 1. The summed E-state index contributed by atoms with van der Waals surface area (Å²) in [5, 5.41) is 2.98. The minimum Gasteiger partial charge on any atom is -0.486 e. The van der Waals surface area contributed by atoms with Gasteiger partial charge in [-0.1, -0.05) is 35.9 Å². The molecular weight excluding hydrogens is 452 g/mol. The van der Waals surface area contributed by atoms with Crippen molar-refractivity contribution < 1.29 is 22.7 Å². The molecule has 0 spiro atoms. The highest BCUT2D eigenvalue weighted by molar-refractivity contribution is 7.92. The molecule has 4 rings (SSSR count). The summed E-state index contributed by atoms with van der Waals surface area (Å²) in [5.41, 5.74) is 3.83. The van der Waals surface area contributed by atoms with Crippen molar-refractivity contribution in [3.63, 3.8) is 0 Å². The monoisotopic (exact) mass is 480 g/mol. The predicted molar refractivity (Wildman–Crippen MR) is 132 cm³/mol. The molecule has 34 heavy (non-hydrogen) atoms. The molecule has 178 valence electrons. The lowest BCUT2D eigenvalue weighted by Crippen LogP contribution is -2.29. The van der Waals surface area contributed by atoms with Crippen LogP contribution >= 0.6 is 0 Å². The van der Waals surface area contributed by atoms with E-state index in [0.29, 0.717) is 36.0 Å². The Balaban J connectivity index is 1.47. The number of sulfonamides is 1. The van der Waals surface area contributed by atoms with E-state index < -0.39 is 10.0 Å². The van der Waals surface area contributed by atoms with Crippen molar-refractivity contribution in [3.8, 4) is 11.5 Å². The second kappa shape index (κ2) is 9.77. The smallest absolute Gasteiger partial charge is 0.251 e. The van der Waals surface area contributed by atoms with Crippen LogP contribution in [0.2, 0.25) is 0 Å². The van der Waals surface area contributed by atoms with Crippen LogP contribution in [0.4, 0.5) is 5.69 Å². The largest absolute Gasteiger partial charge is 0.486 e. The molecule has 1 N–H and O–H groups in total. The zero-order chi connectivity index (χ0) is 24.3. The average molecular weight is 481 g/mol. The second-order valence-electron chi connectivity index (χ2n) is 8.40. The van der Waals surface area contributed by atoms with Crippen LogP contribution < -0.4 is 19.1 Å². The van der Waals surface area contributed by atoms with Crippen LogP contribution in [-0.4, -0.2) is 33.8 Å². The molecule has 1 aliphatic rings. The van der Waals surface area contributed by atoms with Gasteiger partial charge in [-0.25, -0.2) is 8.42 Å². The molecule has 1 atom stereocenters. The number of nitrogens with zero attached hydrogens (tertiary/aromatic N) is 1. The van der Waals surface area contributed by atoms with Gasteiger partial charge in [-0.15, -0.1) is 0 Å². The van der Waals surface area contributed by atoms with E-state index in [0.717, 1.165) is 16.7 Å². The predicted octanol–water partition coefficient (Wildman–Crippen LogP) is 4.22. The number of fused-ring (bicyclic) bond motifs is 1. The van der Waals surface area contributed by atoms with Crippen LogP contribution in [0, 0.1) is 6.92 Å². The molecule has 3 aromatic carbocycles. The highest BCUT2D eigenvalue weighted by Crippen LogP contribution is 2.32. The van der Waals surface area contributed by atoms with Crippen molar-refractivity contribution in [2.24, 2.45) is 0 Å². The minimum atomic E-state index is -3.51. The van der Waals surface area contributed by atoms with Crippen molar-refractivity contribution >= 4 is 21.6 Å². The Labute approximate surface area is 200 Å². The molecule has 0 aliphatic carbocycles. The van der Waals surface area contributed by atoms with Crippen LogP contribution in [-0.2, 0) is 16.6 Å². The van der Waals surface area contributed by atoms with Crippen LogP contribution in [0.1, 0.15) is 40.0 Å². The number of ether oxygens (including phenoxy) is 2. The molecule has 1 aliphatic heterocycles. The molecule has 3 aromatic rings. The van der Waals surface area contributed by atoms with E-state index in [1.165, 1.54) is 10.6 Å². The summed E-state index contributed by atoms with van der Waals surface area (Å²) in [5.74, 6) is 1.12. The first kappa shape index (κ1) is 23.6. The first-order chi connectivity index (χ1) is 16.2. The van der Waals surface area contributed by atoms with E-state index in [9.17, 15) is 13.2 Å². The Morgan fingerprint density at radius 3 is 2.26 bits per heavy atom. The van der Waals surface area contributed by atoms with Crippen LogP contribution in [0.3, 0.4) is 0 Å². The van der Waals surface area contributed by atoms with Gasteiger partial charge in [-0.05, 0) is 61.4 Å². The van der Waals surface area contributed by atoms with Gasteiger partial charge >= 0.3 is 0 Å². The molecule has 0 fully saturated rings. The lowest BCUT2D eigenvalue weighted by atomic mass is 10.1. The van der Waals surface area contributed by atoms with Gasteiger partial charge in [-0.2, -0.15) is 0 Å². The van der Waals surface area contributed by atoms with E-state index in [4.69, 9.17) is 9.47 Å². The van der Waals surface area contributed by atoms with Gasteiger partial charge in [0, 0.05) is 5.56 Å². The summed E-state index contributed by atoms with van der Waals surface area (Å²) in [7, 11) is -3.51. The number of anilines is 1. The highest BCUT2D eigenvalue weighted by Gasteiger charge is 2.20. The number of benzene rings is 3. The second-order valence-corrected chi connectivity index (χ2v) is 10.3. The van der Waals surface area contributed by atoms with E-state index in [1.54, 1.807) is 24.3 Å². The lowest BCUT2D eigenvalue weighted by Gasteiger charge is -2.23. The van der Waals surface area contributed by atoms with Crippen molar-refractivity contribution in [2.75, 3.05) is 23.8 Å². The minimum absolute atomic E-state index is 0.214. The summed E-state index contributed by atoms with van der Waals surface area (Å²) < 4.78 is 37.4. The van der Waals surface area contributed by atoms with Crippen molar-refractivity contribution in [1.29, 1.82) is 0 Å². The number of rotatable bonds is 7. The van der Waals surface area contributed by atoms with Gasteiger partial charge in [0.25, 0.3) is 5.91 Å². The highest BCUT2D eigenvalue weighted by atomic mass is 32.2. The topological polar surface area (TPSA) is 84.9 Å². The van der Waals surface area contributed by atoms with E-state index >= 15 is 0 Å². The SMILES string of the molecule is Cc1ccc(CN(c2ccc(C(=O)N[C@@H](C)c3ccc4c(c3)OCCO4)cc2)S(C)(=O)=O)cc1. The summed E-state index contributed by atoms with van der Waals surface area (Å²) in [6.07, 6.45) is 1.18. The molecule has 1 amide bonds. The Bertz CT molecular complexity index is 1270. The van der Waals surface area contributed by atoms with Crippen LogP contribution in [0.15, 0.2) is 66.7 Å². The molecule has 0 saturated carbocycles. The van der Waals surface area contributed by atoms with Crippen molar-refractivity contribution in [3.05, 3.63) is 89.0 Å². The third-order valence-electron chi connectivity index (χ3n) is 5.68. The molecule has 7 nitrogen and oxygen atoms in total. The average Bonchev–Trinajstić information content (AvgIpc) is 2.82. The summed E-state index contributed by atoms with van der Waals surface area (Å²) in [6.45, 7) is 5.11. The molecule has 0 saturated heterocycles. The fourth-order valence-corrected chi connectivity index (χ4v) is 4.62. The quantitative estimate of drug-likeness (QED) is 0.547. The van der Waals surface area contributed by atoms with Crippen LogP contribution in [0.25, 0.3) is 0 Å². The molecule has 1 heterocycles. The summed E-state index contributed by atoms with van der Waals surface area (Å²) >= 11 is 0. The van der Waals surface area contributed by atoms with Crippen molar-refractivity contribution in [2.45, 2.75) is 26.4 Å². The Morgan fingerprint density at radius 2 is 1.62 bits per heavy atom. The number of carbonyl (C=O) groups is 1. The Hall–Kier alpha value is -3.52. The number of amides is 1. The molecule has 0 unspecified atom stereocenters. The number of carbonyl (C=O) groups excluding carboxylic acids is 1.